The van der Waals surface area contributed by atoms with Gasteiger partial charge in [0.25, 0.3) is 0 Å². The number of aryl methyl sites for hydroxylation is 3. The van der Waals surface area contributed by atoms with Gasteiger partial charge < -0.3 is 5.32 Å². The monoisotopic (exact) mass is 297 g/mol. The van der Waals surface area contributed by atoms with Crippen LogP contribution in [0.3, 0.4) is 0 Å². The normalized spacial score (nSPS) is 17.1. The third-order valence-electron chi connectivity index (χ3n) is 4.34. The van der Waals surface area contributed by atoms with Gasteiger partial charge in [-0.15, -0.1) is 0 Å². The second kappa shape index (κ2) is 5.95. The van der Waals surface area contributed by atoms with Gasteiger partial charge in [0, 0.05) is 11.9 Å². The number of carbonyl (C=O) groups excluding carboxylic acids is 1. The standard InChI is InChI=1S/C18H23N3O/c1-12-5-7-16-15(8-12)10-21(20-16)11-18(22)19-17-9-13(2)4-6-14(17)3/h4,6,9-10,12H,5,7-8,11H2,1-3H3,(H,19,22)/t12-/m1/s1. The Hall–Kier alpha value is -2.10. The molecule has 0 bridgehead atoms. The Labute approximate surface area is 131 Å². The molecule has 0 unspecified atom stereocenters. The number of rotatable bonds is 3. The highest BCUT2D eigenvalue weighted by molar-refractivity contribution is 5.91. The second-order valence-corrected chi connectivity index (χ2v) is 6.51. The molecule has 0 saturated carbocycles. The highest BCUT2D eigenvalue weighted by Crippen LogP contribution is 2.24. The van der Waals surface area contributed by atoms with Gasteiger partial charge in [0.15, 0.2) is 0 Å². The zero-order valence-electron chi connectivity index (χ0n) is 13.5. The van der Waals surface area contributed by atoms with E-state index in [4.69, 9.17) is 0 Å². The topological polar surface area (TPSA) is 46.9 Å². The van der Waals surface area contributed by atoms with E-state index in [2.05, 4.69) is 17.3 Å². The zero-order chi connectivity index (χ0) is 15.7. The van der Waals surface area contributed by atoms with E-state index < -0.39 is 0 Å². The minimum absolute atomic E-state index is 0.0263. The van der Waals surface area contributed by atoms with Crippen molar-refractivity contribution in [2.75, 3.05) is 5.32 Å². The summed E-state index contributed by atoms with van der Waals surface area (Å²) in [4.78, 5) is 12.3. The molecule has 3 rings (SSSR count). The summed E-state index contributed by atoms with van der Waals surface area (Å²) in [7, 11) is 0. The Balaban J connectivity index is 1.68. The molecule has 116 valence electrons. The van der Waals surface area contributed by atoms with Crippen molar-refractivity contribution in [1.29, 1.82) is 0 Å². The zero-order valence-corrected chi connectivity index (χ0v) is 13.5. The quantitative estimate of drug-likeness (QED) is 0.945. The highest BCUT2D eigenvalue weighted by Gasteiger charge is 2.19. The van der Waals surface area contributed by atoms with E-state index in [9.17, 15) is 4.79 Å². The number of hydrogen-bond donors (Lipinski definition) is 1. The number of carbonyl (C=O) groups is 1. The van der Waals surface area contributed by atoms with Crippen LogP contribution in [0.4, 0.5) is 5.69 Å². The maximum absolute atomic E-state index is 12.3. The van der Waals surface area contributed by atoms with E-state index in [0.717, 1.165) is 35.3 Å². The van der Waals surface area contributed by atoms with Crippen molar-refractivity contribution in [2.24, 2.45) is 5.92 Å². The summed E-state index contributed by atoms with van der Waals surface area (Å²) in [5, 5.41) is 7.55. The van der Waals surface area contributed by atoms with Crippen molar-refractivity contribution < 1.29 is 4.79 Å². The average Bonchev–Trinajstić information content (AvgIpc) is 2.84. The fourth-order valence-electron chi connectivity index (χ4n) is 3.03. The Morgan fingerprint density at radius 3 is 3.05 bits per heavy atom. The van der Waals surface area contributed by atoms with Crippen molar-refractivity contribution in [3.8, 4) is 0 Å². The van der Waals surface area contributed by atoms with Crippen LogP contribution in [-0.4, -0.2) is 15.7 Å². The number of fused-ring (bicyclic) bond motifs is 1. The molecule has 0 spiro atoms. The van der Waals surface area contributed by atoms with Crippen molar-refractivity contribution in [2.45, 2.75) is 46.6 Å². The summed E-state index contributed by atoms with van der Waals surface area (Å²) >= 11 is 0. The Morgan fingerprint density at radius 1 is 1.41 bits per heavy atom. The maximum atomic E-state index is 12.3. The van der Waals surface area contributed by atoms with E-state index in [1.807, 2.05) is 38.2 Å². The van der Waals surface area contributed by atoms with E-state index in [0.29, 0.717) is 5.92 Å². The van der Waals surface area contributed by atoms with Crippen molar-refractivity contribution >= 4 is 11.6 Å². The first-order valence-corrected chi connectivity index (χ1v) is 7.93. The van der Waals surface area contributed by atoms with E-state index >= 15 is 0 Å². The molecule has 0 fully saturated rings. The van der Waals surface area contributed by atoms with Crippen LogP contribution >= 0.6 is 0 Å². The van der Waals surface area contributed by atoms with Crippen molar-refractivity contribution in [3.63, 3.8) is 0 Å². The molecule has 1 aromatic heterocycles. The van der Waals surface area contributed by atoms with Crippen LogP contribution in [-0.2, 0) is 24.2 Å². The summed E-state index contributed by atoms with van der Waals surface area (Å²) < 4.78 is 1.78. The van der Waals surface area contributed by atoms with Crippen LogP contribution in [0.1, 0.15) is 35.7 Å². The first-order chi connectivity index (χ1) is 10.5. The van der Waals surface area contributed by atoms with Crippen LogP contribution < -0.4 is 5.32 Å². The summed E-state index contributed by atoms with van der Waals surface area (Å²) in [5.41, 5.74) is 5.57. The fraction of sp³-hybridized carbons (Fsp3) is 0.444. The molecule has 0 aliphatic heterocycles. The molecule has 1 heterocycles. The molecule has 2 aromatic rings. The number of anilines is 1. The Morgan fingerprint density at radius 2 is 2.23 bits per heavy atom. The lowest BCUT2D eigenvalue weighted by atomic mass is 9.89. The molecule has 1 N–H and O–H groups in total. The lowest BCUT2D eigenvalue weighted by molar-refractivity contribution is -0.116. The molecule has 1 amide bonds. The molecule has 4 heteroatoms. The minimum atomic E-state index is -0.0263. The van der Waals surface area contributed by atoms with Crippen LogP contribution in [0.5, 0.6) is 0 Å². The first-order valence-electron chi connectivity index (χ1n) is 7.93. The first kappa shape index (κ1) is 14.8. The predicted molar refractivity (Wildman–Crippen MR) is 88.0 cm³/mol. The SMILES string of the molecule is Cc1ccc(C)c(NC(=O)Cn2cc3c(n2)CC[C@@H](C)C3)c1. The minimum Gasteiger partial charge on any atom is -0.324 e. The molecule has 1 aliphatic carbocycles. The molecular formula is C18H23N3O. The van der Waals surface area contributed by atoms with E-state index in [1.165, 1.54) is 12.0 Å². The summed E-state index contributed by atoms with van der Waals surface area (Å²) in [6.07, 6.45) is 5.34. The Kier molecular flexibility index (Phi) is 4.01. The van der Waals surface area contributed by atoms with Gasteiger partial charge >= 0.3 is 0 Å². The molecule has 0 saturated heterocycles. The molecule has 1 aliphatic rings. The van der Waals surface area contributed by atoms with Gasteiger partial charge in [-0.3, -0.25) is 9.48 Å². The smallest absolute Gasteiger partial charge is 0.246 e. The summed E-state index contributed by atoms with van der Waals surface area (Å²) in [5.74, 6) is 0.690. The van der Waals surface area contributed by atoms with Crippen LogP contribution in [0.2, 0.25) is 0 Å². The van der Waals surface area contributed by atoms with Crippen LogP contribution in [0.15, 0.2) is 24.4 Å². The van der Waals surface area contributed by atoms with Gasteiger partial charge in [-0.2, -0.15) is 5.10 Å². The van der Waals surface area contributed by atoms with Crippen molar-refractivity contribution in [1.82, 2.24) is 9.78 Å². The third-order valence-corrected chi connectivity index (χ3v) is 4.34. The summed E-state index contributed by atoms with van der Waals surface area (Å²) in [6, 6.07) is 6.08. The Bertz CT molecular complexity index is 702. The van der Waals surface area contributed by atoms with Crippen LogP contribution in [0, 0.1) is 19.8 Å². The third kappa shape index (κ3) is 3.21. The molecule has 0 radical (unpaired) electrons. The second-order valence-electron chi connectivity index (χ2n) is 6.51. The van der Waals surface area contributed by atoms with E-state index in [-0.39, 0.29) is 12.5 Å². The van der Waals surface area contributed by atoms with Gasteiger partial charge in [0.05, 0.1) is 5.69 Å². The number of nitrogens with one attached hydrogen (secondary N) is 1. The number of aromatic nitrogens is 2. The van der Waals surface area contributed by atoms with E-state index in [1.54, 1.807) is 4.68 Å². The fourth-order valence-corrected chi connectivity index (χ4v) is 3.03. The van der Waals surface area contributed by atoms with Gasteiger partial charge in [-0.1, -0.05) is 19.1 Å². The average molecular weight is 297 g/mol. The molecule has 4 nitrogen and oxygen atoms in total. The summed E-state index contributed by atoms with van der Waals surface area (Å²) in [6.45, 7) is 6.57. The number of nitrogens with zero attached hydrogens (tertiary/aromatic N) is 2. The van der Waals surface area contributed by atoms with Gasteiger partial charge in [-0.05, 0) is 61.8 Å². The molecular weight excluding hydrogens is 274 g/mol. The van der Waals surface area contributed by atoms with Crippen LogP contribution in [0.25, 0.3) is 0 Å². The van der Waals surface area contributed by atoms with Gasteiger partial charge in [0.2, 0.25) is 5.91 Å². The predicted octanol–water partition coefficient (Wildman–Crippen LogP) is 3.26. The van der Waals surface area contributed by atoms with Gasteiger partial charge in [0.1, 0.15) is 6.54 Å². The molecule has 1 atom stereocenters. The molecule has 22 heavy (non-hydrogen) atoms. The van der Waals surface area contributed by atoms with Gasteiger partial charge in [-0.25, -0.2) is 0 Å². The number of amides is 1. The maximum Gasteiger partial charge on any atom is 0.246 e. The lowest BCUT2D eigenvalue weighted by Gasteiger charge is -2.15. The number of hydrogen-bond acceptors (Lipinski definition) is 2. The van der Waals surface area contributed by atoms with Crippen molar-refractivity contribution in [3.05, 3.63) is 46.8 Å². The highest BCUT2D eigenvalue weighted by atomic mass is 16.2. The molecule has 1 aromatic carbocycles. The number of benzene rings is 1. The largest absolute Gasteiger partial charge is 0.324 e. The lowest BCUT2D eigenvalue weighted by Crippen LogP contribution is -2.19.